The fourth-order valence-electron chi connectivity index (χ4n) is 1.38. The normalized spacial score (nSPS) is 23.2. The molecular weight excluding hydrogens is 156 g/mol. The predicted molar refractivity (Wildman–Crippen MR) is 45.7 cm³/mol. The van der Waals surface area contributed by atoms with Crippen molar-refractivity contribution in [2.45, 2.75) is 19.4 Å². The number of carbonyl (C=O) groups excluding carboxylic acids is 1. The molecule has 1 rings (SSSR count). The van der Waals surface area contributed by atoms with Crippen LogP contribution < -0.4 is 5.73 Å². The van der Waals surface area contributed by atoms with E-state index in [1.165, 1.54) is 0 Å². The summed E-state index contributed by atoms with van der Waals surface area (Å²) < 4.78 is 5.41. The maximum Gasteiger partial charge on any atom is 0.219 e. The van der Waals surface area contributed by atoms with E-state index in [9.17, 15) is 4.79 Å². The minimum absolute atomic E-state index is 0.133. The van der Waals surface area contributed by atoms with Crippen LogP contribution >= 0.6 is 0 Å². The Labute approximate surface area is 72.7 Å². The highest BCUT2D eigenvalue weighted by Gasteiger charge is 2.23. The van der Waals surface area contributed by atoms with Crippen molar-refractivity contribution in [3.8, 4) is 0 Å². The molecule has 12 heavy (non-hydrogen) atoms. The average molecular weight is 172 g/mol. The number of nitrogens with zero attached hydrogens (tertiary/aromatic N) is 1. The van der Waals surface area contributed by atoms with E-state index >= 15 is 0 Å². The number of carbonyl (C=O) groups is 1. The Balaban J connectivity index is 2.21. The van der Waals surface area contributed by atoms with Gasteiger partial charge >= 0.3 is 0 Å². The molecule has 1 heterocycles. The summed E-state index contributed by atoms with van der Waals surface area (Å²) in [6.07, 6.45) is 1.15. The Morgan fingerprint density at radius 3 is 3.00 bits per heavy atom. The smallest absolute Gasteiger partial charge is 0.219 e. The molecule has 0 bridgehead atoms. The molecule has 0 aromatic rings. The molecule has 0 aliphatic carbocycles. The number of likely N-dealkylation sites (tertiary alicyclic amines) is 1. The first-order valence-electron chi connectivity index (χ1n) is 4.31. The molecule has 1 fully saturated rings. The molecule has 0 saturated carbocycles. The highest BCUT2D eigenvalue weighted by atomic mass is 16.5. The van der Waals surface area contributed by atoms with Gasteiger partial charge in [-0.3, -0.25) is 4.79 Å². The quantitative estimate of drug-likeness (QED) is 0.629. The second-order valence-corrected chi connectivity index (χ2v) is 3.04. The summed E-state index contributed by atoms with van der Waals surface area (Å²) in [7, 11) is 0. The third kappa shape index (κ3) is 2.46. The predicted octanol–water partition coefficient (Wildman–Crippen LogP) is -0.417. The highest BCUT2D eigenvalue weighted by molar-refractivity contribution is 5.73. The number of hydrogen-bond acceptors (Lipinski definition) is 3. The summed E-state index contributed by atoms with van der Waals surface area (Å²) in [5.41, 5.74) is 5.30. The molecule has 4 heteroatoms. The molecule has 0 radical (unpaired) electrons. The van der Waals surface area contributed by atoms with Crippen LogP contribution in [0.2, 0.25) is 0 Å². The van der Waals surface area contributed by atoms with Gasteiger partial charge in [0.1, 0.15) is 0 Å². The molecule has 2 N–H and O–H groups in total. The van der Waals surface area contributed by atoms with E-state index in [4.69, 9.17) is 10.5 Å². The van der Waals surface area contributed by atoms with E-state index in [2.05, 4.69) is 0 Å². The van der Waals surface area contributed by atoms with Crippen molar-refractivity contribution < 1.29 is 9.53 Å². The third-order valence-corrected chi connectivity index (χ3v) is 2.06. The molecule has 0 aromatic heterocycles. The Hall–Kier alpha value is -0.610. The van der Waals surface area contributed by atoms with Gasteiger partial charge < -0.3 is 15.4 Å². The van der Waals surface area contributed by atoms with Gasteiger partial charge in [-0.1, -0.05) is 0 Å². The van der Waals surface area contributed by atoms with Crippen LogP contribution in [0.25, 0.3) is 0 Å². The van der Waals surface area contributed by atoms with Crippen LogP contribution in [0.3, 0.4) is 0 Å². The van der Waals surface area contributed by atoms with Crippen molar-refractivity contribution in [3.05, 3.63) is 0 Å². The third-order valence-electron chi connectivity index (χ3n) is 2.06. The fourth-order valence-corrected chi connectivity index (χ4v) is 1.38. The zero-order valence-electron chi connectivity index (χ0n) is 7.45. The number of nitrogens with two attached hydrogens (primary N) is 1. The highest BCUT2D eigenvalue weighted by Crippen LogP contribution is 2.11. The minimum Gasteiger partial charge on any atom is -0.375 e. The first-order chi connectivity index (χ1) is 5.74. The van der Waals surface area contributed by atoms with Crippen molar-refractivity contribution in [2.24, 2.45) is 5.73 Å². The van der Waals surface area contributed by atoms with Gasteiger partial charge in [0.05, 0.1) is 12.7 Å². The molecule has 1 aliphatic rings. The summed E-state index contributed by atoms with van der Waals surface area (Å²) in [4.78, 5) is 12.7. The molecule has 1 atom stereocenters. The molecule has 1 amide bonds. The first kappa shape index (κ1) is 9.48. The molecular formula is C8H16N2O2. The topological polar surface area (TPSA) is 55.6 Å². The zero-order valence-corrected chi connectivity index (χ0v) is 7.45. The maximum atomic E-state index is 10.9. The molecule has 0 unspecified atom stereocenters. The van der Waals surface area contributed by atoms with E-state index < -0.39 is 0 Å². The maximum absolute atomic E-state index is 10.9. The standard InChI is InChI=1S/C8H16N2O2/c1-7(11)10-4-2-8(6-10)12-5-3-9/h8H,2-6,9H2,1H3/t8-/m1/s1. The molecule has 0 aromatic carbocycles. The largest absolute Gasteiger partial charge is 0.375 e. The lowest BCUT2D eigenvalue weighted by atomic mass is 10.3. The van der Waals surface area contributed by atoms with Gasteiger partial charge in [0.25, 0.3) is 0 Å². The summed E-state index contributed by atoms with van der Waals surface area (Å²) in [5.74, 6) is 0.133. The molecule has 1 aliphatic heterocycles. The van der Waals surface area contributed by atoms with Crippen molar-refractivity contribution in [1.29, 1.82) is 0 Å². The average Bonchev–Trinajstić information content (AvgIpc) is 2.48. The second-order valence-electron chi connectivity index (χ2n) is 3.04. The van der Waals surface area contributed by atoms with Crippen LogP contribution in [0, 0.1) is 0 Å². The van der Waals surface area contributed by atoms with E-state index in [0.29, 0.717) is 13.2 Å². The van der Waals surface area contributed by atoms with Crippen molar-refractivity contribution >= 4 is 5.91 Å². The van der Waals surface area contributed by atoms with Crippen LogP contribution in [-0.2, 0) is 9.53 Å². The second kappa shape index (κ2) is 4.42. The van der Waals surface area contributed by atoms with E-state index in [1.807, 2.05) is 0 Å². The number of ether oxygens (including phenoxy) is 1. The zero-order chi connectivity index (χ0) is 8.97. The molecule has 0 spiro atoms. The fraction of sp³-hybridized carbons (Fsp3) is 0.875. The summed E-state index contributed by atoms with van der Waals surface area (Å²) in [5, 5.41) is 0. The molecule has 4 nitrogen and oxygen atoms in total. The van der Waals surface area contributed by atoms with Crippen LogP contribution in [0.4, 0.5) is 0 Å². The van der Waals surface area contributed by atoms with Gasteiger partial charge in [0, 0.05) is 26.6 Å². The number of rotatable bonds is 3. The molecule has 1 saturated heterocycles. The SMILES string of the molecule is CC(=O)N1CC[C@@H](OCCN)C1. The summed E-state index contributed by atoms with van der Waals surface area (Å²) in [6.45, 7) is 4.29. The Bertz CT molecular complexity index is 161. The van der Waals surface area contributed by atoms with Gasteiger partial charge in [0.15, 0.2) is 0 Å². The van der Waals surface area contributed by atoms with Crippen molar-refractivity contribution in [1.82, 2.24) is 4.90 Å². The van der Waals surface area contributed by atoms with E-state index in [0.717, 1.165) is 19.5 Å². The monoisotopic (exact) mass is 172 g/mol. The summed E-state index contributed by atoms with van der Waals surface area (Å²) >= 11 is 0. The van der Waals surface area contributed by atoms with Gasteiger partial charge in [-0.15, -0.1) is 0 Å². The van der Waals surface area contributed by atoms with Gasteiger partial charge in [-0.25, -0.2) is 0 Å². The first-order valence-corrected chi connectivity index (χ1v) is 4.31. The van der Waals surface area contributed by atoms with Crippen LogP contribution in [-0.4, -0.2) is 43.2 Å². The Morgan fingerprint density at radius 1 is 1.75 bits per heavy atom. The lowest BCUT2D eigenvalue weighted by Gasteiger charge is -2.13. The van der Waals surface area contributed by atoms with Crippen LogP contribution in [0.5, 0.6) is 0 Å². The van der Waals surface area contributed by atoms with Gasteiger partial charge in [-0.2, -0.15) is 0 Å². The van der Waals surface area contributed by atoms with Crippen molar-refractivity contribution in [3.63, 3.8) is 0 Å². The summed E-state index contributed by atoms with van der Waals surface area (Å²) in [6, 6.07) is 0. The Morgan fingerprint density at radius 2 is 2.50 bits per heavy atom. The number of amides is 1. The van der Waals surface area contributed by atoms with Crippen molar-refractivity contribution in [2.75, 3.05) is 26.2 Å². The van der Waals surface area contributed by atoms with E-state index in [1.54, 1.807) is 11.8 Å². The number of hydrogen-bond donors (Lipinski definition) is 1. The van der Waals surface area contributed by atoms with Crippen LogP contribution in [0.1, 0.15) is 13.3 Å². The lowest BCUT2D eigenvalue weighted by molar-refractivity contribution is -0.128. The Kier molecular flexibility index (Phi) is 3.49. The van der Waals surface area contributed by atoms with Crippen LogP contribution in [0.15, 0.2) is 0 Å². The molecule has 70 valence electrons. The van der Waals surface area contributed by atoms with E-state index in [-0.39, 0.29) is 12.0 Å². The minimum atomic E-state index is 0.133. The van der Waals surface area contributed by atoms with Gasteiger partial charge in [0.2, 0.25) is 5.91 Å². The lowest BCUT2D eigenvalue weighted by Crippen LogP contribution is -2.28. The van der Waals surface area contributed by atoms with Gasteiger partial charge in [-0.05, 0) is 6.42 Å².